The van der Waals surface area contributed by atoms with Crippen LogP contribution in [0, 0.1) is 0 Å². The summed E-state index contributed by atoms with van der Waals surface area (Å²) >= 11 is 1.50. The average Bonchev–Trinajstić information content (AvgIpc) is 3.15. The monoisotopic (exact) mass is 479 g/mol. The number of hydrogen-bond acceptors (Lipinski definition) is 4. The molecule has 1 heterocycles. The predicted octanol–water partition coefficient (Wildman–Crippen LogP) is 5.39. The molecule has 0 fully saturated rings. The van der Waals surface area contributed by atoms with Crippen molar-refractivity contribution in [1.29, 1.82) is 0 Å². The number of carbonyl (C=O) groups excluding carboxylic acids is 1. The van der Waals surface area contributed by atoms with Crippen LogP contribution in [0.25, 0.3) is 10.2 Å². The molecule has 0 aliphatic rings. The van der Waals surface area contributed by atoms with E-state index in [1.165, 1.54) is 29.0 Å². The summed E-state index contributed by atoms with van der Waals surface area (Å²) in [5, 5.41) is 0. The summed E-state index contributed by atoms with van der Waals surface area (Å²) in [5.74, 6) is 0.0525. The maximum absolute atomic E-state index is 12.8. The largest absolute Gasteiger partial charge is 0.317 e. The highest BCUT2D eigenvalue weighted by atomic mass is 32.2. The molecule has 0 atom stereocenters. The minimum atomic E-state index is -3.69. The molecular weight excluding hydrogens is 454 g/mol. The molecule has 1 N–H and O–H groups in total. The van der Waals surface area contributed by atoms with Crippen LogP contribution in [0.15, 0.2) is 82.7 Å². The SMILES string of the molecule is CCn1c(=NC(=O)c2ccc(NS(=O)(=O)c3ccccc3)cc2)sc2cc(C(C)C)ccc21. The molecule has 0 aliphatic heterocycles. The molecule has 0 spiro atoms. The van der Waals surface area contributed by atoms with E-state index >= 15 is 0 Å². The van der Waals surface area contributed by atoms with Crippen molar-refractivity contribution in [3.05, 3.63) is 88.7 Å². The van der Waals surface area contributed by atoms with Gasteiger partial charge in [0, 0.05) is 17.8 Å². The molecule has 0 bridgehead atoms. The zero-order valence-corrected chi connectivity index (χ0v) is 20.3. The van der Waals surface area contributed by atoms with Crippen molar-refractivity contribution < 1.29 is 13.2 Å². The Morgan fingerprint density at radius 2 is 1.73 bits per heavy atom. The van der Waals surface area contributed by atoms with Crippen LogP contribution in [0.1, 0.15) is 42.6 Å². The number of aromatic nitrogens is 1. The number of nitrogens with zero attached hydrogens (tertiary/aromatic N) is 2. The number of anilines is 1. The third-order valence-electron chi connectivity index (χ3n) is 5.32. The van der Waals surface area contributed by atoms with Gasteiger partial charge in [0.05, 0.1) is 15.1 Å². The smallest absolute Gasteiger partial charge is 0.279 e. The molecule has 1 amide bonds. The van der Waals surface area contributed by atoms with Gasteiger partial charge >= 0.3 is 0 Å². The highest BCUT2D eigenvalue weighted by molar-refractivity contribution is 7.92. The van der Waals surface area contributed by atoms with E-state index in [2.05, 4.69) is 41.8 Å². The second-order valence-electron chi connectivity index (χ2n) is 7.92. The lowest BCUT2D eigenvalue weighted by Gasteiger charge is -2.08. The number of hydrogen-bond donors (Lipinski definition) is 1. The predicted molar refractivity (Wildman–Crippen MR) is 133 cm³/mol. The quantitative estimate of drug-likeness (QED) is 0.403. The van der Waals surface area contributed by atoms with Crippen LogP contribution in [0.2, 0.25) is 0 Å². The number of carbonyl (C=O) groups is 1. The van der Waals surface area contributed by atoms with Crippen LogP contribution in [0.4, 0.5) is 5.69 Å². The molecule has 8 heteroatoms. The van der Waals surface area contributed by atoms with E-state index in [-0.39, 0.29) is 10.8 Å². The van der Waals surface area contributed by atoms with Crippen molar-refractivity contribution in [3.63, 3.8) is 0 Å². The molecular formula is C25H25N3O3S2. The van der Waals surface area contributed by atoms with Gasteiger partial charge < -0.3 is 4.57 Å². The van der Waals surface area contributed by atoms with E-state index in [1.54, 1.807) is 42.5 Å². The standard InChI is InChI=1S/C25H25N3O3S2/c1-4-28-22-15-12-19(17(2)3)16-23(22)32-25(28)26-24(29)18-10-13-20(14-11-18)27-33(30,31)21-8-6-5-7-9-21/h5-17,27H,4H2,1-3H3. The van der Waals surface area contributed by atoms with E-state index in [0.29, 0.717) is 28.5 Å². The first-order valence-corrected chi connectivity index (χ1v) is 13.0. The molecule has 0 aliphatic carbocycles. The van der Waals surface area contributed by atoms with Crippen LogP contribution in [0.5, 0.6) is 0 Å². The first kappa shape index (κ1) is 22.9. The number of thiazole rings is 1. The first-order chi connectivity index (χ1) is 15.8. The number of amides is 1. The van der Waals surface area contributed by atoms with Gasteiger partial charge in [-0.3, -0.25) is 9.52 Å². The van der Waals surface area contributed by atoms with E-state index in [4.69, 9.17) is 0 Å². The number of nitrogens with one attached hydrogen (secondary N) is 1. The Labute approximate surface area is 197 Å². The minimum absolute atomic E-state index is 0.176. The fourth-order valence-corrected chi connectivity index (χ4v) is 5.71. The van der Waals surface area contributed by atoms with Gasteiger partial charge in [-0.05, 0) is 66.9 Å². The van der Waals surface area contributed by atoms with Gasteiger partial charge in [-0.25, -0.2) is 8.42 Å². The Morgan fingerprint density at radius 3 is 2.36 bits per heavy atom. The van der Waals surface area contributed by atoms with Gasteiger partial charge in [-0.1, -0.05) is 49.4 Å². The fourth-order valence-electron chi connectivity index (χ4n) is 3.49. The van der Waals surface area contributed by atoms with Gasteiger partial charge in [0.1, 0.15) is 0 Å². The molecule has 4 rings (SSSR count). The Morgan fingerprint density at radius 1 is 1.03 bits per heavy atom. The normalized spacial score (nSPS) is 12.4. The lowest BCUT2D eigenvalue weighted by molar-refractivity contribution is 0.0998. The number of aryl methyl sites for hydroxylation is 1. The van der Waals surface area contributed by atoms with Gasteiger partial charge in [0.25, 0.3) is 15.9 Å². The third kappa shape index (κ3) is 4.91. The molecule has 6 nitrogen and oxygen atoms in total. The molecule has 170 valence electrons. The van der Waals surface area contributed by atoms with E-state index in [0.717, 1.165) is 10.2 Å². The van der Waals surface area contributed by atoms with Crippen LogP contribution in [0.3, 0.4) is 0 Å². The summed E-state index contributed by atoms with van der Waals surface area (Å²) in [6, 6.07) is 20.8. The summed E-state index contributed by atoms with van der Waals surface area (Å²) in [6.07, 6.45) is 0. The number of rotatable bonds is 6. The second kappa shape index (κ2) is 9.33. The Bertz CT molecular complexity index is 1470. The average molecular weight is 480 g/mol. The maximum atomic E-state index is 12.8. The molecule has 0 saturated heterocycles. The van der Waals surface area contributed by atoms with Crippen molar-refractivity contribution >= 4 is 43.2 Å². The Balaban J connectivity index is 1.60. The van der Waals surface area contributed by atoms with Crippen molar-refractivity contribution in [2.24, 2.45) is 4.99 Å². The van der Waals surface area contributed by atoms with Crippen LogP contribution < -0.4 is 9.52 Å². The van der Waals surface area contributed by atoms with Gasteiger partial charge in [0.15, 0.2) is 4.80 Å². The van der Waals surface area contributed by atoms with Crippen molar-refractivity contribution in [1.82, 2.24) is 4.57 Å². The number of fused-ring (bicyclic) bond motifs is 1. The topological polar surface area (TPSA) is 80.5 Å². The van der Waals surface area contributed by atoms with E-state index in [9.17, 15) is 13.2 Å². The van der Waals surface area contributed by atoms with Crippen molar-refractivity contribution in [2.75, 3.05) is 4.72 Å². The number of benzene rings is 3. The van der Waals surface area contributed by atoms with E-state index in [1.807, 2.05) is 11.5 Å². The molecule has 33 heavy (non-hydrogen) atoms. The van der Waals surface area contributed by atoms with E-state index < -0.39 is 10.0 Å². The highest BCUT2D eigenvalue weighted by Crippen LogP contribution is 2.24. The zero-order chi connectivity index (χ0) is 23.6. The summed E-state index contributed by atoms with van der Waals surface area (Å²) < 4.78 is 30.6. The first-order valence-electron chi connectivity index (χ1n) is 10.7. The summed E-state index contributed by atoms with van der Waals surface area (Å²) in [7, 11) is -3.69. The fraction of sp³-hybridized carbons (Fsp3) is 0.200. The molecule has 1 aromatic heterocycles. The molecule has 3 aromatic carbocycles. The van der Waals surface area contributed by atoms with Gasteiger partial charge in [-0.2, -0.15) is 4.99 Å². The van der Waals surface area contributed by atoms with Gasteiger partial charge in [0.2, 0.25) is 0 Å². The summed E-state index contributed by atoms with van der Waals surface area (Å²) in [4.78, 5) is 18.0. The van der Waals surface area contributed by atoms with Crippen LogP contribution in [-0.4, -0.2) is 18.9 Å². The molecule has 4 aromatic rings. The summed E-state index contributed by atoms with van der Waals surface area (Å²) in [5.41, 5.74) is 3.07. The zero-order valence-electron chi connectivity index (χ0n) is 18.6. The Hall–Kier alpha value is -3.23. The second-order valence-corrected chi connectivity index (χ2v) is 10.6. The lowest BCUT2D eigenvalue weighted by atomic mass is 10.0. The molecule has 0 unspecified atom stereocenters. The molecule has 0 radical (unpaired) electrons. The Kier molecular flexibility index (Phi) is 6.49. The third-order valence-corrected chi connectivity index (χ3v) is 7.76. The van der Waals surface area contributed by atoms with Crippen LogP contribution in [-0.2, 0) is 16.6 Å². The lowest BCUT2D eigenvalue weighted by Crippen LogP contribution is -2.16. The molecule has 0 saturated carbocycles. The maximum Gasteiger partial charge on any atom is 0.279 e. The number of sulfonamides is 1. The summed E-state index contributed by atoms with van der Waals surface area (Å²) in [6.45, 7) is 7.04. The van der Waals surface area contributed by atoms with Crippen LogP contribution >= 0.6 is 11.3 Å². The van der Waals surface area contributed by atoms with Gasteiger partial charge in [-0.15, -0.1) is 0 Å². The van der Waals surface area contributed by atoms with Crippen molar-refractivity contribution in [3.8, 4) is 0 Å². The highest BCUT2D eigenvalue weighted by Gasteiger charge is 2.14. The minimum Gasteiger partial charge on any atom is -0.317 e. The van der Waals surface area contributed by atoms with Crippen molar-refractivity contribution in [2.45, 2.75) is 38.1 Å².